The molecule has 3 rings (SSSR count). The molecule has 1 aliphatic carbocycles. The second-order valence-corrected chi connectivity index (χ2v) is 4.63. The molecule has 2 aromatic rings. The highest BCUT2D eigenvalue weighted by Gasteiger charge is 2.34. The second kappa shape index (κ2) is 4.09. The van der Waals surface area contributed by atoms with Crippen LogP contribution in [0.5, 0.6) is 0 Å². The summed E-state index contributed by atoms with van der Waals surface area (Å²) < 4.78 is 38.9. The van der Waals surface area contributed by atoms with Crippen LogP contribution in [0.4, 0.5) is 19.0 Å². The lowest BCUT2D eigenvalue weighted by Crippen LogP contribution is -2.20. The van der Waals surface area contributed by atoms with Gasteiger partial charge < -0.3 is 5.73 Å². The molecule has 3 N–H and O–H groups in total. The van der Waals surface area contributed by atoms with Crippen molar-refractivity contribution < 1.29 is 13.2 Å². The van der Waals surface area contributed by atoms with Gasteiger partial charge in [0.1, 0.15) is 5.82 Å². The quantitative estimate of drug-likeness (QED) is 0.873. The van der Waals surface area contributed by atoms with Crippen LogP contribution in [-0.2, 0) is 6.18 Å². The van der Waals surface area contributed by atoms with Gasteiger partial charge in [0.05, 0.1) is 5.69 Å². The predicted octanol–water partition coefficient (Wildman–Crippen LogP) is 1.43. The minimum absolute atomic E-state index is 0.134. The van der Waals surface area contributed by atoms with Gasteiger partial charge in [0.25, 0.3) is 5.56 Å². The third-order valence-corrected chi connectivity index (χ3v) is 2.97. The first-order valence-corrected chi connectivity index (χ1v) is 5.89. The van der Waals surface area contributed by atoms with Gasteiger partial charge in [-0.2, -0.15) is 23.0 Å². The minimum atomic E-state index is -4.70. The fourth-order valence-electron chi connectivity index (χ4n) is 1.85. The van der Waals surface area contributed by atoms with Gasteiger partial charge in [-0.25, -0.2) is 4.98 Å². The Morgan fingerprint density at radius 3 is 2.65 bits per heavy atom. The van der Waals surface area contributed by atoms with E-state index in [-0.39, 0.29) is 17.7 Å². The third kappa shape index (κ3) is 2.26. The molecule has 106 valence electrons. The van der Waals surface area contributed by atoms with E-state index in [9.17, 15) is 18.0 Å². The van der Waals surface area contributed by atoms with Gasteiger partial charge in [0.2, 0.25) is 5.95 Å². The molecule has 9 heteroatoms. The molecule has 2 aromatic heterocycles. The monoisotopic (exact) mass is 285 g/mol. The van der Waals surface area contributed by atoms with Crippen molar-refractivity contribution in [2.24, 2.45) is 0 Å². The van der Waals surface area contributed by atoms with E-state index in [1.165, 1.54) is 0 Å². The summed E-state index contributed by atoms with van der Waals surface area (Å²) in [5, 5.41) is 4.10. The molecule has 0 aromatic carbocycles. The number of alkyl halides is 3. The Labute approximate surface area is 110 Å². The molecule has 1 aliphatic rings. The van der Waals surface area contributed by atoms with Crippen LogP contribution in [0.1, 0.15) is 30.1 Å². The Balaban J connectivity index is 2.09. The minimum Gasteiger partial charge on any atom is -0.383 e. The number of hydrogen-bond donors (Lipinski definition) is 2. The van der Waals surface area contributed by atoms with E-state index in [2.05, 4.69) is 15.1 Å². The van der Waals surface area contributed by atoms with Gasteiger partial charge >= 0.3 is 6.18 Å². The number of hydrogen-bond acceptors (Lipinski definition) is 4. The maximum Gasteiger partial charge on any atom is 0.433 e. The molecule has 0 radical (unpaired) electrons. The smallest absolute Gasteiger partial charge is 0.383 e. The number of nitrogens with two attached hydrogens (primary N) is 1. The van der Waals surface area contributed by atoms with Gasteiger partial charge in [-0.3, -0.25) is 9.78 Å². The summed E-state index contributed by atoms with van der Waals surface area (Å²) in [5.41, 5.74) is 4.21. The van der Waals surface area contributed by atoms with Crippen molar-refractivity contribution in [2.45, 2.75) is 24.9 Å². The summed E-state index contributed by atoms with van der Waals surface area (Å²) in [6.07, 6.45) is -2.75. The summed E-state index contributed by atoms with van der Waals surface area (Å²) in [5.74, 6) is 0.0830. The first kappa shape index (κ1) is 12.7. The van der Waals surface area contributed by atoms with Gasteiger partial charge in [-0.1, -0.05) is 0 Å². The highest BCUT2D eigenvalue weighted by atomic mass is 19.4. The van der Waals surface area contributed by atoms with Crippen LogP contribution in [0.25, 0.3) is 5.95 Å². The summed E-state index contributed by atoms with van der Waals surface area (Å²) in [4.78, 5) is 16.9. The van der Waals surface area contributed by atoms with Crippen molar-refractivity contribution in [3.05, 3.63) is 33.9 Å². The van der Waals surface area contributed by atoms with Gasteiger partial charge in [-0.05, 0) is 12.8 Å². The van der Waals surface area contributed by atoms with Crippen molar-refractivity contribution in [2.75, 3.05) is 5.73 Å². The predicted molar refractivity (Wildman–Crippen MR) is 63.4 cm³/mol. The second-order valence-electron chi connectivity index (χ2n) is 4.63. The largest absolute Gasteiger partial charge is 0.433 e. The molecule has 6 nitrogen and oxygen atoms in total. The molecule has 2 heterocycles. The maximum atomic E-state index is 12.6. The van der Waals surface area contributed by atoms with Crippen molar-refractivity contribution in [1.29, 1.82) is 0 Å². The van der Waals surface area contributed by atoms with E-state index in [1.54, 1.807) is 6.07 Å². The Kier molecular flexibility index (Phi) is 2.59. The number of aromatic nitrogens is 4. The van der Waals surface area contributed by atoms with Crippen LogP contribution in [0.3, 0.4) is 0 Å². The summed E-state index contributed by atoms with van der Waals surface area (Å²) >= 11 is 0. The number of aromatic amines is 1. The molecule has 1 fully saturated rings. The normalized spacial score (nSPS) is 15.6. The molecule has 0 aliphatic heterocycles. The SMILES string of the molecule is Nc1cc(C2CC2)nn1-c1nc(C(F)(F)F)cc(=O)[nH]1. The lowest BCUT2D eigenvalue weighted by Gasteiger charge is -2.07. The highest BCUT2D eigenvalue weighted by Crippen LogP contribution is 2.40. The maximum absolute atomic E-state index is 12.6. The first-order chi connectivity index (χ1) is 9.34. The van der Waals surface area contributed by atoms with E-state index in [4.69, 9.17) is 5.73 Å². The van der Waals surface area contributed by atoms with Crippen LogP contribution < -0.4 is 11.3 Å². The van der Waals surface area contributed by atoms with Crippen LogP contribution in [-0.4, -0.2) is 19.7 Å². The fraction of sp³-hybridized carbons (Fsp3) is 0.364. The molecule has 0 unspecified atom stereocenters. The molecular formula is C11H10F3N5O. The van der Waals surface area contributed by atoms with E-state index in [1.807, 2.05) is 0 Å². The van der Waals surface area contributed by atoms with Gasteiger partial charge in [0, 0.05) is 18.1 Å². The van der Waals surface area contributed by atoms with Gasteiger partial charge in [-0.15, -0.1) is 0 Å². The Morgan fingerprint density at radius 1 is 1.35 bits per heavy atom. The Morgan fingerprint density at radius 2 is 2.05 bits per heavy atom. The van der Waals surface area contributed by atoms with E-state index < -0.39 is 17.4 Å². The number of halogens is 3. The van der Waals surface area contributed by atoms with Crippen LogP contribution in [0, 0.1) is 0 Å². The Bertz CT molecular complexity index is 714. The lowest BCUT2D eigenvalue weighted by molar-refractivity contribution is -0.141. The molecule has 20 heavy (non-hydrogen) atoms. The molecule has 0 saturated heterocycles. The van der Waals surface area contributed by atoms with E-state index >= 15 is 0 Å². The number of nitrogens with one attached hydrogen (secondary N) is 1. The number of H-pyrrole nitrogens is 1. The average Bonchev–Trinajstić information content (AvgIpc) is 3.11. The first-order valence-electron chi connectivity index (χ1n) is 5.89. The number of anilines is 1. The zero-order valence-electron chi connectivity index (χ0n) is 10.1. The summed E-state index contributed by atoms with van der Waals surface area (Å²) in [6, 6.07) is 1.98. The molecular weight excluding hydrogens is 275 g/mol. The van der Waals surface area contributed by atoms with E-state index in [0.717, 1.165) is 17.5 Å². The van der Waals surface area contributed by atoms with Crippen molar-refractivity contribution >= 4 is 5.82 Å². The summed E-state index contributed by atoms with van der Waals surface area (Å²) in [6.45, 7) is 0. The van der Waals surface area contributed by atoms with Crippen molar-refractivity contribution in [3.8, 4) is 5.95 Å². The zero-order chi connectivity index (χ0) is 14.5. The zero-order valence-corrected chi connectivity index (χ0v) is 10.1. The van der Waals surface area contributed by atoms with Crippen LogP contribution in [0.2, 0.25) is 0 Å². The Hall–Kier alpha value is -2.32. The highest BCUT2D eigenvalue weighted by molar-refractivity contribution is 5.39. The molecule has 1 saturated carbocycles. The van der Waals surface area contributed by atoms with E-state index in [0.29, 0.717) is 11.8 Å². The van der Waals surface area contributed by atoms with Gasteiger partial charge in [0.15, 0.2) is 5.69 Å². The molecule has 0 amide bonds. The molecule has 0 bridgehead atoms. The van der Waals surface area contributed by atoms with Crippen LogP contribution in [0.15, 0.2) is 16.9 Å². The lowest BCUT2D eigenvalue weighted by atomic mass is 10.3. The van der Waals surface area contributed by atoms with Crippen molar-refractivity contribution in [1.82, 2.24) is 19.7 Å². The van der Waals surface area contributed by atoms with Crippen molar-refractivity contribution in [3.63, 3.8) is 0 Å². The number of rotatable bonds is 2. The topological polar surface area (TPSA) is 89.6 Å². The van der Waals surface area contributed by atoms with Crippen LogP contribution >= 0.6 is 0 Å². The number of nitrogens with zero attached hydrogens (tertiary/aromatic N) is 3. The molecule has 0 spiro atoms. The average molecular weight is 285 g/mol. The fourth-order valence-corrected chi connectivity index (χ4v) is 1.85. The standard InChI is InChI=1S/C11H10F3N5O/c12-11(13,14)7-4-9(20)17-10(16-7)19-8(15)3-6(18-19)5-1-2-5/h3-5H,1-2,15H2,(H,16,17,20). The molecule has 0 atom stereocenters. The summed E-state index contributed by atoms with van der Waals surface area (Å²) in [7, 11) is 0. The number of nitrogen functional groups attached to an aromatic ring is 1. The third-order valence-electron chi connectivity index (χ3n) is 2.97.